The normalized spacial score (nSPS) is 12.6. The van der Waals surface area contributed by atoms with E-state index in [9.17, 15) is 17.2 Å². The number of hydrogen-bond acceptors (Lipinski definition) is 5. The lowest BCUT2D eigenvalue weighted by Crippen LogP contribution is -2.38. The highest BCUT2D eigenvalue weighted by Gasteiger charge is 2.30. The fourth-order valence-electron chi connectivity index (χ4n) is 1.04. The molecule has 1 aromatic rings. The molecule has 0 saturated heterocycles. The van der Waals surface area contributed by atoms with E-state index in [0.717, 1.165) is 18.2 Å². The molecule has 0 fully saturated rings. The molecule has 0 aliphatic carbocycles. The second-order valence-corrected chi connectivity index (χ2v) is 5.33. The number of phenols is 1. The van der Waals surface area contributed by atoms with Gasteiger partial charge >= 0.3 is 0 Å². The van der Waals surface area contributed by atoms with E-state index in [1.54, 1.807) is 4.72 Å². The highest BCUT2D eigenvalue weighted by atomic mass is 32.2. The number of alkyl halides is 2. The van der Waals surface area contributed by atoms with E-state index in [-0.39, 0.29) is 16.3 Å². The van der Waals surface area contributed by atoms with Crippen LogP contribution in [0.3, 0.4) is 0 Å². The minimum Gasteiger partial charge on any atom is -0.506 e. The Morgan fingerprint density at radius 2 is 2.00 bits per heavy atom. The van der Waals surface area contributed by atoms with E-state index in [1.807, 2.05) is 0 Å². The second kappa shape index (κ2) is 5.04. The van der Waals surface area contributed by atoms with E-state index in [4.69, 9.17) is 15.9 Å². The van der Waals surface area contributed by atoms with Gasteiger partial charge in [-0.15, -0.1) is 0 Å². The average molecular weight is 282 g/mol. The smallest absolute Gasteiger partial charge is 0.283 e. The number of aliphatic hydroxyl groups is 1. The number of benzene rings is 1. The molecular weight excluding hydrogens is 270 g/mol. The Hall–Kier alpha value is -1.45. The summed E-state index contributed by atoms with van der Waals surface area (Å²) in [6.45, 7) is -2.69. The van der Waals surface area contributed by atoms with Crippen molar-refractivity contribution in [1.29, 1.82) is 0 Å². The molecule has 0 unspecified atom stereocenters. The number of nitrogen functional groups attached to an aromatic ring is 1. The van der Waals surface area contributed by atoms with Gasteiger partial charge in [0.1, 0.15) is 12.4 Å². The predicted octanol–water partition coefficient (Wildman–Crippen LogP) is -0.120. The molecule has 0 aliphatic rings. The molecule has 0 radical (unpaired) electrons. The summed E-state index contributed by atoms with van der Waals surface area (Å²) in [7, 11) is -4.18. The van der Waals surface area contributed by atoms with E-state index in [0.29, 0.717) is 0 Å². The molecule has 0 aromatic heterocycles. The summed E-state index contributed by atoms with van der Waals surface area (Å²) < 4.78 is 50.2. The van der Waals surface area contributed by atoms with Crippen molar-refractivity contribution in [2.75, 3.05) is 18.9 Å². The van der Waals surface area contributed by atoms with E-state index in [2.05, 4.69) is 0 Å². The molecule has 0 saturated carbocycles. The zero-order valence-corrected chi connectivity index (χ0v) is 9.92. The molecule has 1 aromatic carbocycles. The van der Waals surface area contributed by atoms with Gasteiger partial charge in [0.15, 0.2) is 0 Å². The number of phenolic OH excluding ortho intramolecular Hbond substituents is 1. The number of aromatic hydroxyl groups is 1. The Bertz CT molecular complexity index is 533. The lowest BCUT2D eigenvalue weighted by Gasteiger charge is -2.14. The molecule has 5 N–H and O–H groups in total. The zero-order valence-electron chi connectivity index (χ0n) is 9.10. The standard InChI is InChI=1S/C9H12F2N2O4S/c10-9(11,5-14)4-13-18(16,17)6-1-2-8(15)7(12)3-6/h1-3,13-15H,4-5,12H2. The number of rotatable bonds is 5. The number of aliphatic hydroxyl groups excluding tert-OH is 1. The lowest BCUT2D eigenvalue weighted by atomic mass is 10.3. The van der Waals surface area contributed by atoms with Gasteiger partial charge in [-0.1, -0.05) is 0 Å². The summed E-state index contributed by atoms with van der Waals surface area (Å²) >= 11 is 0. The van der Waals surface area contributed by atoms with Crippen molar-refractivity contribution in [3.05, 3.63) is 18.2 Å². The quantitative estimate of drug-likeness (QED) is 0.444. The minimum absolute atomic E-state index is 0.188. The van der Waals surface area contributed by atoms with Gasteiger partial charge in [0, 0.05) is 0 Å². The van der Waals surface area contributed by atoms with Gasteiger partial charge < -0.3 is 15.9 Å². The van der Waals surface area contributed by atoms with Gasteiger partial charge in [-0.05, 0) is 18.2 Å². The first-order valence-corrected chi connectivity index (χ1v) is 6.23. The topological polar surface area (TPSA) is 113 Å². The molecule has 0 atom stereocenters. The van der Waals surface area contributed by atoms with E-state index >= 15 is 0 Å². The predicted molar refractivity (Wildman–Crippen MR) is 59.7 cm³/mol. The van der Waals surface area contributed by atoms with Crippen LogP contribution in [0.1, 0.15) is 0 Å². The highest BCUT2D eigenvalue weighted by molar-refractivity contribution is 7.89. The maximum atomic E-state index is 12.7. The number of halogens is 2. The molecule has 0 bridgehead atoms. The van der Waals surface area contributed by atoms with Gasteiger partial charge in [-0.3, -0.25) is 0 Å². The van der Waals surface area contributed by atoms with Gasteiger partial charge in [-0.2, -0.15) is 0 Å². The summed E-state index contributed by atoms with van der Waals surface area (Å²) in [6, 6.07) is 2.99. The molecule has 9 heteroatoms. The van der Waals surface area contributed by atoms with Gasteiger partial charge in [0.2, 0.25) is 10.0 Å². The zero-order chi connectivity index (χ0) is 14.0. The fourth-order valence-corrected chi connectivity index (χ4v) is 2.14. The largest absolute Gasteiger partial charge is 0.506 e. The van der Waals surface area contributed by atoms with Crippen LogP contribution in [0.2, 0.25) is 0 Å². The van der Waals surface area contributed by atoms with Crippen molar-refractivity contribution in [3.8, 4) is 5.75 Å². The van der Waals surface area contributed by atoms with Crippen LogP contribution in [0.5, 0.6) is 5.75 Å². The molecular formula is C9H12F2N2O4S. The van der Waals surface area contributed by atoms with Crippen molar-refractivity contribution in [2.24, 2.45) is 0 Å². The summed E-state index contributed by atoms with van der Waals surface area (Å²) in [5, 5.41) is 17.4. The Kier molecular flexibility index (Phi) is 4.09. The first kappa shape index (κ1) is 14.6. The fraction of sp³-hybridized carbons (Fsp3) is 0.333. The summed E-state index contributed by atoms with van der Waals surface area (Å²) in [5.41, 5.74) is 5.11. The second-order valence-electron chi connectivity index (χ2n) is 3.56. The number of sulfonamides is 1. The molecule has 18 heavy (non-hydrogen) atoms. The maximum absolute atomic E-state index is 12.7. The lowest BCUT2D eigenvalue weighted by molar-refractivity contribution is -0.0437. The number of nitrogens with one attached hydrogen (secondary N) is 1. The molecule has 1 rings (SSSR count). The van der Waals surface area contributed by atoms with E-state index < -0.39 is 29.1 Å². The number of anilines is 1. The van der Waals surface area contributed by atoms with Crippen LogP contribution in [0, 0.1) is 0 Å². The summed E-state index contributed by atoms with van der Waals surface area (Å²) in [6.07, 6.45) is 0. The maximum Gasteiger partial charge on any atom is 0.283 e. The number of nitrogens with two attached hydrogens (primary N) is 1. The van der Waals surface area contributed by atoms with Crippen LogP contribution in [-0.2, 0) is 10.0 Å². The van der Waals surface area contributed by atoms with Crippen LogP contribution < -0.4 is 10.5 Å². The Balaban J connectivity index is 2.90. The SMILES string of the molecule is Nc1cc(S(=O)(=O)NCC(F)(F)CO)ccc1O. The molecule has 6 nitrogen and oxygen atoms in total. The van der Waals surface area contributed by atoms with E-state index in [1.165, 1.54) is 0 Å². The van der Waals surface area contributed by atoms with Crippen LogP contribution in [0.25, 0.3) is 0 Å². The Morgan fingerprint density at radius 1 is 1.39 bits per heavy atom. The van der Waals surface area contributed by atoms with Crippen LogP contribution in [-0.4, -0.2) is 37.7 Å². The first-order valence-electron chi connectivity index (χ1n) is 4.75. The third-order valence-corrected chi connectivity index (χ3v) is 3.46. The highest BCUT2D eigenvalue weighted by Crippen LogP contribution is 2.23. The van der Waals surface area contributed by atoms with Crippen molar-refractivity contribution in [3.63, 3.8) is 0 Å². The van der Waals surface area contributed by atoms with Crippen LogP contribution >= 0.6 is 0 Å². The molecule has 0 aliphatic heterocycles. The van der Waals surface area contributed by atoms with Crippen molar-refractivity contribution in [1.82, 2.24) is 4.72 Å². The number of hydrogen-bond donors (Lipinski definition) is 4. The van der Waals surface area contributed by atoms with Crippen LogP contribution in [0.15, 0.2) is 23.1 Å². The third kappa shape index (κ3) is 3.52. The first-order chi connectivity index (χ1) is 8.18. The molecule has 0 amide bonds. The monoisotopic (exact) mass is 282 g/mol. The molecule has 0 heterocycles. The van der Waals surface area contributed by atoms with Crippen molar-refractivity contribution < 1.29 is 27.4 Å². The molecule has 102 valence electrons. The van der Waals surface area contributed by atoms with Crippen molar-refractivity contribution in [2.45, 2.75) is 10.8 Å². The van der Waals surface area contributed by atoms with Gasteiger partial charge in [-0.25, -0.2) is 21.9 Å². The average Bonchev–Trinajstić information content (AvgIpc) is 2.30. The Labute approximate surface area is 102 Å². The van der Waals surface area contributed by atoms with Crippen LogP contribution in [0.4, 0.5) is 14.5 Å². The Morgan fingerprint density at radius 3 is 2.50 bits per heavy atom. The molecule has 0 spiro atoms. The summed E-state index contributed by atoms with van der Waals surface area (Å²) in [4.78, 5) is -0.355. The van der Waals surface area contributed by atoms with Crippen molar-refractivity contribution >= 4 is 15.7 Å². The summed E-state index contributed by atoms with van der Waals surface area (Å²) in [5.74, 6) is -3.86. The van der Waals surface area contributed by atoms with Gasteiger partial charge in [0.05, 0.1) is 17.1 Å². The van der Waals surface area contributed by atoms with Gasteiger partial charge in [0.25, 0.3) is 5.92 Å². The minimum atomic E-state index is -4.18. The third-order valence-electron chi connectivity index (χ3n) is 2.06.